The largest absolute Gasteiger partial charge is 6.00 e. The maximum absolute atomic E-state index is 0. The molecule has 0 amide bonds. The minimum absolute atomic E-state index is 0. The fourth-order valence-corrected chi connectivity index (χ4v) is 0. The van der Waals surface area contributed by atoms with E-state index in [1.165, 1.54) is 0 Å². The molecule has 0 aliphatic rings. The number of rotatable bonds is 0. The topological polar surface area (TPSA) is 0 Å². The number of hydrogen-bond acceptors (Lipinski definition) is 0. The molecule has 0 atom stereocenters. The maximum Gasteiger partial charge on any atom is 6.00 e. The molecule has 0 nitrogen and oxygen atoms in total. The van der Waals surface area contributed by atoms with E-state index in [4.69, 9.17) is 0 Å². The fraction of sp³-hybridized carbons (Fsp3) is 0. The smallest absolute Gasteiger partial charge is 1.00 e. The first-order valence-corrected chi connectivity index (χ1v) is 0. The Morgan fingerprint density at radius 2 is 0.286 bits per heavy atom. The molecular formula is Cl6Mn. The third kappa shape index (κ3) is 63.4. The van der Waals surface area contributed by atoms with Gasteiger partial charge in [0.15, 0.2) is 0 Å². The molecule has 0 saturated carbocycles. The van der Waals surface area contributed by atoms with Crippen LogP contribution in [0.25, 0.3) is 0 Å². The van der Waals surface area contributed by atoms with Gasteiger partial charge in [0.1, 0.15) is 0 Å². The van der Waals surface area contributed by atoms with Crippen molar-refractivity contribution in [3.63, 3.8) is 0 Å². The summed E-state index contributed by atoms with van der Waals surface area (Å²) in [6.45, 7) is 0. The first-order valence-electron chi connectivity index (χ1n) is 0. The molecule has 0 spiro atoms. The number of halogens is 6. The van der Waals surface area contributed by atoms with E-state index in [-0.39, 0.29) is 91.5 Å². The Bertz CT molecular complexity index is 4.14. The second-order valence-electron chi connectivity index (χ2n) is 0. The Morgan fingerprint density at radius 3 is 0.286 bits per heavy atom. The van der Waals surface area contributed by atoms with Gasteiger partial charge in [-0.25, -0.2) is 0 Å². The molecule has 0 unspecified atom stereocenters. The van der Waals surface area contributed by atoms with E-state index in [2.05, 4.69) is 0 Å². The SMILES string of the molecule is [Cl-].[Cl-].[Cl-].[Cl-].[Cl-].[Cl-].[Mn+6]. The summed E-state index contributed by atoms with van der Waals surface area (Å²) < 4.78 is 0. The van der Waals surface area contributed by atoms with Gasteiger partial charge >= 0.3 is 17.1 Å². The van der Waals surface area contributed by atoms with Crippen LogP contribution in [0.1, 0.15) is 0 Å². The van der Waals surface area contributed by atoms with Crippen LogP contribution in [-0.4, -0.2) is 0 Å². The summed E-state index contributed by atoms with van der Waals surface area (Å²) in [5.74, 6) is 0. The predicted octanol–water partition coefficient (Wildman–Crippen LogP) is -18.0. The zero-order valence-electron chi connectivity index (χ0n) is 2.65. The van der Waals surface area contributed by atoms with E-state index < -0.39 is 0 Å². The van der Waals surface area contributed by atoms with Crippen molar-refractivity contribution >= 4 is 0 Å². The average Bonchev–Trinajstić information content (AvgIpc) is 0. The molecule has 0 aromatic carbocycles. The standard InChI is InChI=1S/6ClH.Mn/h6*1H;/q;;;;;;+6/p-6. The van der Waals surface area contributed by atoms with Crippen molar-refractivity contribution in [3.05, 3.63) is 0 Å². The van der Waals surface area contributed by atoms with E-state index in [1.54, 1.807) is 0 Å². The Hall–Kier alpha value is 2.26. The molecule has 0 saturated heterocycles. The van der Waals surface area contributed by atoms with Gasteiger partial charge in [-0.05, 0) is 0 Å². The quantitative estimate of drug-likeness (QED) is 0.383. The molecular weight excluding hydrogens is 268 g/mol. The van der Waals surface area contributed by atoms with Crippen molar-refractivity contribution in [2.75, 3.05) is 0 Å². The third-order valence-corrected chi connectivity index (χ3v) is 0. The van der Waals surface area contributed by atoms with Crippen LogP contribution in [-0.2, 0) is 17.1 Å². The summed E-state index contributed by atoms with van der Waals surface area (Å²) in [7, 11) is 0. The second kappa shape index (κ2) is 85.3. The van der Waals surface area contributed by atoms with Crippen LogP contribution in [0.3, 0.4) is 0 Å². The molecule has 0 rings (SSSR count). The molecule has 0 aromatic heterocycles. The van der Waals surface area contributed by atoms with Gasteiger partial charge in [-0.2, -0.15) is 0 Å². The van der Waals surface area contributed by atoms with Gasteiger partial charge in [0.05, 0.1) is 0 Å². The van der Waals surface area contributed by atoms with Crippen molar-refractivity contribution in [1.29, 1.82) is 0 Å². The van der Waals surface area contributed by atoms with Crippen LogP contribution in [0.5, 0.6) is 0 Å². The van der Waals surface area contributed by atoms with Gasteiger partial charge in [0.25, 0.3) is 0 Å². The van der Waals surface area contributed by atoms with E-state index in [9.17, 15) is 0 Å². The molecule has 0 bridgehead atoms. The monoisotopic (exact) mass is 265 g/mol. The zero-order chi connectivity index (χ0) is 0. The van der Waals surface area contributed by atoms with Gasteiger partial charge in [-0.3, -0.25) is 0 Å². The molecule has 1 radical (unpaired) electrons. The van der Waals surface area contributed by atoms with Gasteiger partial charge in [0.2, 0.25) is 0 Å². The second-order valence-corrected chi connectivity index (χ2v) is 0. The molecule has 0 aliphatic heterocycles. The van der Waals surface area contributed by atoms with Crippen LogP contribution in [0.2, 0.25) is 0 Å². The summed E-state index contributed by atoms with van der Waals surface area (Å²) in [6.07, 6.45) is 0. The van der Waals surface area contributed by atoms with Crippen LogP contribution in [0.4, 0.5) is 0 Å². The first kappa shape index (κ1) is 124. The Morgan fingerprint density at radius 1 is 0.286 bits per heavy atom. The normalized spacial score (nSPS) is 0. The summed E-state index contributed by atoms with van der Waals surface area (Å²) in [4.78, 5) is 0. The van der Waals surface area contributed by atoms with E-state index in [0.717, 1.165) is 0 Å². The predicted molar refractivity (Wildman–Crippen MR) is 0 cm³/mol. The minimum Gasteiger partial charge on any atom is -1.00 e. The van der Waals surface area contributed by atoms with Crippen molar-refractivity contribution < 1.29 is 91.5 Å². The average molecular weight is 268 g/mol. The zero-order valence-corrected chi connectivity index (χ0v) is 8.36. The fourth-order valence-electron chi connectivity index (χ4n) is 0. The molecule has 0 heterocycles. The Kier molecular flexibility index (Phi) is 1510. The molecule has 0 fully saturated rings. The molecule has 0 aliphatic carbocycles. The summed E-state index contributed by atoms with van der Waals surface area (Å²) in [5.41, 5.74) is 0. The van der Waals surface area contributed by atoms with Crippen LogP contribution >= 0.6 is 0 Å². The van der Waals surface area contributed by atoms with Gasteiger partial charge in [0, 0.05) is 0 Å². The van der Waals surface area contributed by atoms with E-state index >= 15 is 0 Å². The van der Waals surface area contributed by atoms with Crippen molar-refractivity contribution in [1.82, 2.24) is 0 Å². The summed E-state index contributed by atoms with van der Waals surface area (Å²) in [6, 6.07) is 0. The van der Waals surface area contributed by atoms with Crippen LogP contribution in [0.15, 0.2) is 0 Å². The molecule has 7 heavy (non-hydrogen) atoms. The van der Waals surface area contributed by atoms with Gasteiger partial charge < -0.3 is 74.4 Å². The number of hydrogen-bond donors (Lipinski definition) is 0. The maximum atomic E-state index is 0. The van der Waals surface area contributed by atoms with E-state index in [0.29, 0.717) is 0 Å². The first-order chi connectivity index (χ1) is 0. The molecule has 49 valence electrons. The van der Waals surface area contributed by atoms with Crippen LogP contribution in [0, 0.1) is 0 Å². The molecule has 7 heteroatoms. The Labute approximate surface area is 90.9 Å². The van der Waals surface area contributed by atoms with Crippen molar-refractivity contribution in [2.24, 2.45) is 0 Å². The van der Waals surface area contributed by atoms with Crippen molar-refractivity contribution in [3.8, 4) is 0 Å². The van der Waals surface area contributed by atoms with Gasteiger partial charge in [-0.15, -0.1) is 0 Å². The summed E-state index contributed by atoms with van der Waals surface area (Å²) >= 11 is 0. The van der Waals surface area contributed by atoms with Crippen molar-refractivity contribution in [2.45, 2.75) is 0 Å². The van der Waals surface area contributed by atoms with Crippen LogP contribution < -0.4 is 74.4 Å². The summed E-state index contributed by atoms with van der Waals surface area (Å²) in [5, 5.41) is 0. The van der Waals surface area contributed by atoms with E-state index in [1.807, 2.05) is 0 Å². The van der Waals surface area contributed by atoms with Gasteiger partial charge in [-0.1, -0.05) is 0 Å². The molecule has 0 aromatic rings. The minimum atomic E-state index is 0. The third-order valence-electron chi connectivity index (χ3n) is 0. The Balaban J connectivity index is 0. The molecule has 0 N–H and O–H groups in total.